The van der Waals surface area contributed by atoms with E-state index in [2.05, 4.69) is 10.6 Å². The first kappa shape index (κ1) is 11.5. The van der Waals surface area contributed by atoms with E-state index in [1.165, 1.54) is 0 Å². The number of piperazine rings is 1. The van der Waals surface area contributed by atoms with Crippen molar-refractivity contribution in [2.45, 2.75) is 12.1 Å². The summed E-state index contributed by atoms with van der Waals surface area (Å²) in [6.45, 7) is 3.95. The number of ether oxygens (including phenoxy) is 1. The molecule has 68 valence electrons. The van der Waals surface area contributed by atoms with Crippen molar-refractivity contribution >= 4 is 24.8 Å². The van der Waals surface area contributed by atoms with Crippen molar-refractivity contribution in [1.29, 1.82) is 0 Å². The van der Waals surface area contributed by atoms with Crippen molar-refractivity contribution in [3.8, 4) is 0 Å². The van der Waals surface area contributed by atoms with Gasteiger partial charge in [0.25, 0.3) is 0 Å². The molecule has 2 rings (SSSR count). The summed E-state index contributed by atoms with van der Waals surface area (Å²) >= 11 is 0. The van der Waals surface area contributed by atoms with Gasteiger partial charge in [0, 0.05) is 25.2 Å². The monoisotopic (exact) mass is 200 g/mol. The molecule has 0 aromatic heterocycles. The highest BCUT2D eigenvalue weighted by Gasteiger charge is 2.29. The molecule has 0 aliphatic carbocycles. The fourth-order valence-corrected chi connectivity index (χ4v) is 1.47. The number of halogens is 2. The van der Waals surface area contributed by atoms with Crippen LogP contribution in [0.4, 0.5) is 0 Å². The van der Waals surface area contributed by atoms with Crippen LogP contribution in [0.3, 0.4) is 0 Å². The minimum Gasteiger partial charge on any atom is -0.378 e. The molecule has 2 heterocycles. The quantitative estimate of drug-likeness (QED) is 0.569. The van der Waals surface area contributed by atoms with E-state index in [4.69, 9.17) is 4.74 Å². The van der Waals surface area contributed by atoms with Gasteiger partial charge in [-0.3, -0.25) is 0 Å². The van der Waals surface area contributed by atoms with E-state index in [0.29, 0.717) is 12.1 Å². The molecule has 0 radical (unpaired) electrons. The lowest BCUT2D eigenvalue weighted by Crippen LogP contribution is -2.55. The zero-order chi connectivity index (χ0) is 6.10. The van der Waals surface area contributed by atoms with Gasteiger partial charge in [-0.25, -0.2) is 0 Å². The summed E-state index contributed by atoms with van der Waals surface area (Å²) in [4.78, 5) is 0. The van der Waals surface area contributed by atoms with Crippen molar-refractivity contribution in [2.75, 3.05) is 26.3 Å². The molecule has 3 nitrogen and oxygen atoms in total. The third-order valence-electron chi connectivity index (χ3n) is 2.02. The predicted molar refractivity (Wildman–Crippen MR) is 48.9 cm³/mol. The third kappa shape index (κ3) is 2.46. The first-order valence-corrected chi connectivity index (χ1v) is 3.51. The molecule has 2 aliphatic rings. The topological polar surface area (TPSA) is 33.3 Å². The maximum atomic E-state index is 5.27. The van der Waals surface area contributed by atoms with Gasteiger partial charge >= 0.3 is 0 Å². The molecule has 2 atom stereocenters. The van der Waals surface area contributed by atoms with Gasteiger partial charge < -0.3 is 15.4 Å². The molecule has 2 aliphatic heterocycles. The predicted octanol–water partition coefficient (Wildman–Crippen LogP) is -0.210. The zero-order valence-electron chi connectivity index (χ0n) is 6.21. The maximum Gasteiger partial charge on any atom is 0.0636 e. The Morgan fingerprint density at radius 1 is 0.909 bits per heavy atom. The van der Waals surface area contributed by atoms with Crippen LogP contribution in [0.2, 0.25) is 0 Å². The molecule has 0 saturated carbocycles. The Labute approximate surface area is 79.1 Å². The van der Waals surface area contributed by atoms with Crippen LogP contribution >= 0.6 is 24.8 Å². The largest absolute Gasteiger partial charge is 0.378 e. The molecule has 0 aromatic carbocycles. The Morgan fingerprint density at radius 2 is 1.36 bits per heavy atom. The van der Waals surface area contributed by atoms with Crippen LogP contribution in [0.15, 0.2) is 0 Å². The fourth-order valence-electron chi connectivity index (χ4n) is 1.47. The van der Waals surface area contributed by atoms with E-state index < -0.39 is 0 Å². The number of hydrogen-bond donors (Lipinski definition) is 2. The second-order valence-electron chi connectivity index (χ2n) is 2.66. The number of rotatable bonds is 0. The second-order valence-corrected chi connectivity index (χ2v) is 2.66. The smallest absolute Gasteiger partial charge is 0.0636 e. The summed E-state index contributed by atoms with van der Waals surface area (Å²) in [5.41, 5.74) is 0. The van der Waals surface area contributed by atoms with Gasteiger partial charge in [-0.05, 0) is 0 Å². The lowest BCUT2D eigenvalue weighted by molar-refractivity contribution is 0.188. The Kier molecular flexibility index (Phi) is 5.38. The third-order valence-corrected chi connectivity index (χ3v) is 2.02. The van der Waals surface area contributed by atoms with Gasteiger partial charge in [-0.1, -0.05) is 0 Å². The van der Waals surface area contributed by atoms with Crippen molar-refractivity contribution in [3.63, 3.8) is 0 Å². The molecule has 5 heteroatoms. The van der Waals surface area contributed by atoms with Crippen LogP contribution in [-0.4, -0.2) is 38.4 Å². The number of fused-ring (bicyclic) bond motifs is 1. The molecule has 2 saturated heterocycles. The normalized spacial score (nSPS) is 34.9. The summed E-state index contributed by atoms with van der Waals surface area (Å²) in [5.74, 6) is 0. The Hall–Kier alpha value is 0.460. The molecule has 0 spiro atoms. The van der Waals surface area contributed by atoms with Crippen LogP contribution in [0, 0.1) is 0 Å². The summed E-state index contributed by atoms with van der Waals surface area (Å²) in [7, 11) is 0. The molecule has 11 heavy (non-hydrogen) atoms. The summed E-state index contributed by atoms with van der Waals surface area (Å²) in [6.07, 6.45) is 0. The number of nitrogens with one attached hydrogen (secondary N) is 2. The van der Waals surface area contributed by atoms with E-state index >= 15 is 0 Å². The molecular weight excluding hydrogens is 187 g/mol. The molecule has 0 aromatic rings. The standard InChI is InChI=1S/C6H12N2O.2ClH/c1-2-8-6-4-9-3-5(6)7-1;;/h5-8H,1-4H2;2*1H/t5-,6-;;/m0../s1. The van der Waals surface area contributed by atoms with Crippen LogP contribution in [-0.2, 0) is 4.74 Å². The average molecular weight is 201 g/mol. The van der Waals surface area contributed by atoms with Gasteiger partial charge in [-0.15, -0.1) is 24.8 Å². The molecular formula is C6H14Cl2N2O. The molecule has 0 bridgehead atoms. The van der Waals surface area contributed by atoms with Crippen molar-refractivity contribution in [1.82, 2.24) is 10.6 Å². The van der Waals surface area contributed by atoms with Gasteiger partial charge in [0.15, 0.2) is 0 Å². The highest BCUT2D eigenvalue weighted by molar-refractivity contribution is 5.85. The highest BCUT2D eigenvalue weighted by atomic mass is 35.5. The van der Waals surface area contributed by atoms with Crippen LogP contribution < -0.4 is 10.6 Å². The van der Waals surface area contributed by atoms with Crippen molar-refractivity contribution in [3.05, 3.63) is 0 Å². The van der Waals surface area contributed by atoms with Gasteiger partial charge in [0.1, 0.15) is 0 Å². The fraction of sp³-hybridized carbons (Fsp3) is 1.00. The van der Waals surface area contributed by atoms with E-state index in [1.54, 1.807) is 0 Å². The van der Waals surface area contributed by atoms with Gasteiger partial charge in [0.2, 0.25) is 0 Å². The van der Waals surface area contributed by atoms with Crippen LogP contribution in [0.5, 0.6) is 0 Å². The molecule has 2 N–H and O–H groups in total. The Balaban J connectivity index is 0.000000500. The lowest BCUT2D eigenvalue weighted by atomic mass is 10.1. The van der Waals surface area contributed by atoms with Gasteiger partial charge in [-0.2, -0.15) is 0 Å². The SMILES string of the molecule is C1CN[C@H]2COC[C@@H]2N1.Cl.Cl. The zero-order valence-corrected chi connectivity index (χ0v) is 7.84. The first-order valence-electron chi connectivity index (χ1n) is 3.51. The molecule has 2 fully saturated rings. The molecule has 0 amide bonds. The van der Waals surface area contributed by atoms with E-state index in [1.807, 2.05) is 0 Å². The van der Waals surface area contributed by atoms with Crippen LogP contribution in [0.1, 0.15) is 0 Å². The van der Waals surface area contributed by atoms with Gasteiger partial charge in [0.05, 0.1) is 13.2 Å². The maximum absolute atomic E-state index is 5.27. The minimum atomic E-state index is 0. The lowest BCUT2D eigenvalue weighted by Gasteiger charge is -2.25. The summed E-state index contributed by atoms with van der Waals surface area (Å²) < 4.78 is 5.27. The Bertz CT molecular complexity index is 103. The Morgan fingerprint density at radius 3 is 1.82 bits per heavy atom. The first-order chi connectivity index (χ1) is 4.47. The summed E-state index contributed by atoms with van der Waals surface area (Å²) in [6, 6.07) is 1.16. The minimum absolute atomic E-state index is 0. The van der Waals surface area contributed by atoms with E-state index in [9.17, 15) is 0 Å². The number of hydrogen-bond acceptors (Lipinski definition) is 3. The highest BCUT2D eigenvalue weighted by Crippen LogP contribution is 2.06. The summed E-state index contributed by atoms with van der Waals surface area (Å²) in [5, 5.41) is 6.79. The van der Waals surface area contributed by atoms with E-state index in [-0.39, 0.29) is 24.8 Å². The van der Waals surface area contributed by atoms with Crippen molar-refractivity contribution < 1.29 is 4.74 Å². The average Bonchev–Trinajstić information content (AvgIpc) is 2.33. The van der Waals surface area contributed by atoms with Crippen molar-refractivity contribution in [2.24, 2.45) is 0 Å². The van der Waals surface area contributed by atoms with E-state index in [0.717, 1.165) is 26.3 Å². The molecule has 0 unspecified atom stereocenters. The van der Waals surface area contributed by atoms with Crippen LogP contribution in [0.25, 0.3) is 0 Å². The second kappa shape index (κ2) is 5.17.